The number of amides is 1. The fourth-order valence-electron chi connectivity index (χ4n) is 3.82. The number of hydrogen-bond acceptors (Lipinski definition) is 6. The minimum atomic E-state index is -4.49. The number of nitrogens with one attached hydrogen (secondary N) is 1. The predicted octanol–water partition coefficient (Wildman–Crippen LogP) is 4.27. The van der Waals surface area contributed by atoms with Crippen LogP contribution in [0.4, 0.5) is 13.2 Å². The highest BCUT2D eigenvalue weighted by Gasteiger charge is 2.30. The average Bonchev–Trinajstić information content (AvgIpc) is 3.65. The molecule has 0 aromatic carbocycles. The molecular weight excluding hydrogens is 461 g/mol. The van der Waals surface area contributed by atoms with Crippen LogP contribution in [-0.2, 0) is 6.54 Å². The molecule has 0 spiro atoms. The molecule has 8 nitrogen and oxygen atoms in total. The Morgan fingerprint density at radius 2 is 1.97 bits per heavy atom. The fourth-order valence-corrected chi connectivity index (χ4v) is 3.82. The number of fused-ring (bicyclic) bond motifs is 1. The number of carbonyl (C=O) groups is 1. The first kappa shape index (κ1) is 22.8. The fraction of sp³-hybridized carbons (Fsp3) is 0.292. The molecule has 11 heteroatoms. The van der Waals surface area contributed by atoms with Crippen molar-refractivity contribution in [3.8, 4) is 11.7 Å². The summed E-state index contributed by atoms with van der Waals surface area (Å²) < 4.78 is 44.2. The molecule has 1 N–H and O–H groups in total. The average molecular weight is 482 g/mol. The number of aromatic nitrogens is 5. The van der Waals surface area contributed by atoms with Crippen LogP contribution < -0.4 is 10.1 Å². The summed E-state index contributed by atoms with van der Waals surface area (Å²) in [4.78, 5) is 26.4. The summed E-state index contributed by atoms with van der Waals surface area (Å²) in [6, 6.07) is 10.4. The van der Waals surface area contributed by atoms with Crippen LogP contribution in [0.15, 0.2) is 48.8 Å². The maximum atomic E-state index is 13.3. The number of nitrogens with zero attached hydrogens (tertiary/aromatic N) is 5. The highest BCUT2D eigenvalue weighted by Crippen LogP contribution is 2.40. The molecule has 1 amide bonds. The molecule has 4 aromatic rings. The lowest BCUT2D eigenvalue weighted by Crippen LogP contribution is -2.25. The first-order chi connectivity index (χ1) is 16.8. The molecule has 0 unspecified atom stereocenters. The minimum Gasteiger partial charge on any atom is -0.468 e. The number of hydrogen-bond donors (Lipinski definition) is 1. The van der Waals surface area contributed by atoms with Gasteiger partial charge in [0.25, 0.3) is 5.91 Å². The van der Waals surface area contributed by atoms with Crippen molar-refractivity contribution in [2.45, 2.75) is 38.4 Å². The summed E-state index contributed by atoms with van der Waals surface area (Å²) in [6.07, 6.45) is 0.479. The third kappa shape index (κ3) is 4.93. The lowest BCUT2D eigenvalue weighted by atomic mass is 10.1. The van der Waals surface area contributed by atoms with Crippen LogP contribution in [0.2, 0.25) is 0 Å². The second-order valence-electron chi connectivity index (χ2n) is 8.31. The summed E-state index contributed by atoms with van der Waals surface area (Å²) in [6.45, 7) is 0.268. The van der Waals surface area contributed by atoms with Crippen molar-refractivity contribution < 1.29 is 22.7 Å². The van der Waals surface area contributed by atoms with E-state index in [0.717, 1.165) is 18.5 Å². The second-order valence-corrected chi connectivity index (χ2v) is 8.31. The normalized spacial score (nSPS) is 13.7. The van der Waals surface area contributed by atoms with Crippen LogP contribution in [0.3, 0.4) is 0 Å². The predicted molar refractivity (Wildman–Crippen MR) is 120 cm³/mol. The van der Waals surface area contributed by atoms with Gasteiger partial charge in [0.1, 0.15) is 0 Å². The van der Waals surface area contributed by atoms with E-state index in [9.17, 15) is 18.0 Å². The van der Waals surface area contributed by atoms with E-state index < -0.39 is 18.7 Å². The molecule has 4 aromatic heterocycles. The summed E-state index contributed by atoms with van der Waals surface area (Å²) in [5, 5.41) is 7.96. The van der Waals surface area contributed by atoms with Crippen LogP contribution in [0.1, 0.15) is 46.1 Å². The molecule has 5 rings (SSSR count). The molecule has 1 fully saturated rings. The van der Waals surface area contributed by atoms with Crippen molar-refractivity contribution in [2.24, 2.45) is 0 Å². The van der Waals surface area contributed by atoms with Crippen molar-refractivity contribution in [1.82, 2.24) is 30.0 Å². The van der Waals surface area contributed by atoms with Gasteiger partial charge in [0.15, 0.2) is 18.1 Å². The Hall–Kier alpha value is -4.02. The quantitative estimate of drug-likeness (QED) is 0.423. The van der Waals surface area contributed by atoms with Crippen LogP contribution in [0.5, 0.6) is 5.88 Å². The van der Waals surface area contributed by atoms with Crippen LogP contribution in [0.25, 0.3) is 16.9 Å². The standard InChI is InChI=1S/C24H21F3N6O2/c1-14-20-17(22(34)30-12-16-5-4-10-29-23(16)35-13-24(25,26)27)11-18(15-7-8-15)31-21(20)33(32-14)19-6-2-3-9-28-19/h2-6,9-11,15H,7-8,12-13H2,1H3,(H,30,34). The molecule has 0 atom stereocenters. The topological polar surface area (TPSA) is 94.8 Å². The van der Waals surface area contributed by atoms with E-state index in [-0.39, 0.29) is 18.3 Å². The zero-order valence-electron chi connectivity index (χ0n) is 18.7. The summed E-state index contributed by atoms with van der Waals surface area (Å²) in [5.41, 5.74) is 2.68. The van der Waals surface area contributed by atoms with E-state index >= 15 is 0 Å². The van der Waals surface area contributed by atoms with Gasteiger partial charge in [0.2, 0.25) is 5.88 Å². The van der Waals surface area contributed by atoms with Crippen molar-refractivity contribution in [1.29, 1.82) is 0 Å². The van der Waals surface area contributed by atoms with Crippen molar-refractivity contribution in [3.05, 3.63) is 71.3 Å². The Morgan fingerprint density at radius 3 is 2.69 bits per heavy atom. The molecule has 180 valence electrons. The van der Waals surface area contributed by atoms with Crippen molar-refractivity contribution >= 4 is 16.9 Å². The van der Waals surface area contributed by atoms with Gasteiger partial charge in [-0.2, -0.15) is 23.0 Å². The van der Waals surface area contributed by atoms with E-state index in [4.69, 9.17) is 9.72 Å². The number of halogens is 3. The van der Waals surface area contributed by atoms with Gasteiger partial charge in [0, 0.05) is 36.1 Å². The van der Waals surface area contributed by atoms with Gasteiger partial charge >= 0.3 is 6.18 Å². The lowest BCUT2D eigenvalue weighted by molar-refractivity contribution is -0.154. The molecule has 0 radical (unpaired) electrons. The molecule has 4 heterocycles. The first-order valence-electron chi connectivity index (χ1n) is 11.0. The third-order valence-corrected chi connectivity index (χ3v) is 5.60. The molecular formula is C24H21F3N6O2. The molecule has 35 heavy (non-hydrogen) atoms. The molecule has 0 bridgehead atoms. The largest absolute Gasteiger partial charge is 0.468 e. The van der Waals surface area contributed by atoms with Crippen LogP contribution in [0, 0.1) is 6.92 Å². The summed E-state index contributed by atoms with van der Waals surface area (Å²) >= 11 is 0. The first-order valence-corrected chi connectivity index (χ1v) is 11.0. The number of aryl methyl sites for hydroxylation is 1. The second kappa shape index (κ2) is 8.97. The van der Waals surface area contributed by atoms with Gasteiger partial charge in [-0.1, -0.05) is 12.1 Å². The lowest BCUT2D eigenvalue weighted by Gasteiger charge is -2.13. The zero-order chi connectivity index (χ0) is 24.6. The Morgan fingerprint density at radius 1 is 1.17 bits per heavy atom. The number of pyridine rings is 3. The van der Waals surface area contributed by atoms with Gasteiger partial charge in [-0.3, -0.25) is 4.79 Å². The Kier molecular flexibility index (Phi) is 5.83. The van der Waals surface area contributed by atoms with Crippen LogP contribution in [-0.4, -0.2) is 43.4 Å². The number of alkyl halides is 3. The van der Waals surface area contributed by atoms with Gasteiger partial charge in [-0.05, 0) is 44.0 Å². The zero-order valence-corrected chi connectivity index (χ0v) is 18.7. The number of ether oxygens (including phenoxy) is 1. The molecule has 1 aliphatic carbocycles. The molecule has 1 saturated carbocycles. The Bertz CT molecular complexity index is 1380. The number of carbonyl (C=O) groups excluding carboxylic acids is 1. The monoisotopic (exact) mass is 482 g/mol. The summed E-state index contributed by atoms with van der Waals surface area (Å²) in [7, 11) is 0. The molecule has 0 saturated heterocycles. The maximum absolute atomic E-state index is 13.3. The molecule has 1 aliphatic rings. The smallest absolute Gasteiger partial charge is 0.422 e. The molecule has 0 aliphatic heterocycles. The van der Waals surface area contributed by atoms with E-state index in [1.165, 1.54) is 6.20 Å². The highest BCUT2D eigenvalue weighted by molar-refractivity contribution is 6.06. The maximum Gasteiger partial charge on any atom is 0.422 e. The van der Waals surface area contributed by atoms with Crippen LogP contribution >= 0.6 is 0 Å². The van der Waals surface area contributed by atoms with Crippen molar-refractivity contribution in [2.75, 3.05) is 6.61 Å². The highest BCUT2D eigenvalue weighted by atomic mass is 19.4. The Balaban J connectivity index is 1.46. The van der Waals surface area contributed by atoms with Gasteiger partial charge in [0.05, 0.1) is 16.6 Å². The van der Waals surface area contributed by atoms with Gasteiger partial charge in [-0.15, -0.1) is 0 Å². The number of rotatable bonds is 7. The van der Waals surface area contributed by atoms with E-state index in [1.807, 2.05) is 12.1 Å². The van der Waals surface area contributed by atoms with Gasteiger partial charge in [-0.25, -0.2) is 15.0 Å². The summed E-state index contributed by atoms with van der Waals surface area (Å²) in [5.74, 6) is 0.287. The van der Waals surface area contributed by atoms with Crippen molar-refractivity contribution in [3.63, 3.8) is 0 Å². The minimum absolute atomic E-state index is 0.0597. The van der Waals surface area contributed by atoms with E-state index in [1.54, 1.807) is 42.1 Å². The van der Waals surface area contributed by atoms with E-state index in [2.05, 4.69) is 20.4 Å². The van der Waals surface area contributed by atoms with E-state index in [0.29, 0.717) is 33.7 Å². The SMILES string of the molecule is Cc1nn(-c2ccccn2)c2nc(C3CC3)cc(C(=O)NCc3cccnc3OCC(F)(F)F)c12. The third-order valence-electron chi connectivity index (χ3n) is 5.60. The van der Waals surface area contributed by atoms with Gasteiger partial charge < -0.3 is 10.1 Å². The Labute approximate surface area is 198 Å².